The summed E-state index contributed by atoms with van der Waals surface area (Å²) in [7, 11) is 2.05. The average Bonchev–Trinajstić information content (AvgIpc) is 2.58. The average molecular weight is 327 g/mol. The highest BCUT2D eigenvalue weighted by atomic mass is 19.1. The number of carbonyl (C=O) groups is 1. The summed E-state index contributed by atoms with van der Waals surface area (Å²) in [5.41, 5.74) is 2.44. The minimum Gasteiger partial charge on any atom is -0.352 e. The number of carbonyl (C=O) groups excluding carboxylic acids is 1. The van der Waals surface area contributed by atoms with Crippen LogP contribution in [0.15, 0.2) is 42.5 Å². The van der Waals surface area contributed by atoms with E-state index >= 15 is 0 Å². The summed E-state index contributed by atoms with van der Waals surface area (Å²) in [5, 5.41) is 3.06. The second-order valence-electron chi connectivity index (χ2n) is 6.25. The molecule has 1 fully saturated rings. The number of halogens is 1. The Bertz CT molecular complexity index is 739. The molecule has 0 bridgehead atoms. The van der Waals surface area contributed by atoms with Gasteiger partial charge in [0.15, 0.2) is 0 Å². The predicted molar refractivity (Wildman–Crippen MR) is 94.3 cm³/mol. The SMILES string of the molecule is Cc1ccc(Nc2ccccc2C(=O)N2CCN(C)CC2)c(F)c1. The number of hydrogen-bond acceptors (Lipinski definition) is 3. The van der Waals surface area contributed by atoms with Gasteiger partial charge in [-0.2, -0.15) is 0 Å². The lowest BCUT2D eigenvalue weighted by atomic mass is 10.1. The van der Waals surface area contributed by atoms with Gasteiger partial charge in [0.05, 0.1) is 16.9 Å². The quantitative estimate of drug-likeness (QED) is 0.940. The van der Waals surface area contributed by atoms with Crippen molar-refractivity contribution in [1.29, 1.82) is 0 Å². The van der Waals surface area contributed by atoms with Crippen LogP contribution in [-0.4, -0.2) is 48.9 Å². The van der Waals surface area contributed by atoms with Crippen molar-refractivity contribution in [2.75, 3.05) is 38.5 Å². The molecule has 0 atom stereocenters. The monoisotopic (exact) mass is 327 g/mol. The second kappa shape index (κ2) is 7.01. The maximum atomic E-state index is 14.1. The summed E-state index contributed by atoms with van der Waals surface area (Å²) >= 11 is 0. The van der Waals surface area contributed by atoms with E-state index in [1.54, 1.807) is 12.1 Å². The molecule has 126 valence electrons. The van der Waals surface area contributed by atoms with Crippen molar-refractivity contribution in [1.82, 2.24) is 9.80 Å². The van der Waals surface area contributed by atoms with Gasteiger partial charge in [-0.15, -0.1) is 0 Å². The van der Waals surface area contributed by atoms with Crippen LogP contribution in [-0.2, 0) is 0 Å². The molecule has 1 amide bonds. The number of nitrogens with one attached hydrogen (secondary N) is 1. The summed E-state index contributed by atoms with van der Waals surface area (Å²) < 4.78 is 14.1. The van der Waals surface area contributed by atoms with Gasteiger partial charge in [0.1, 0.15) is 5.82 Å². The molecule has 24 heavy (non-hydrogen) atoms. The zero-order valence-corrected chi connectivity index (χ0v) is 14.1. The van der Waals surface area contributed by atoms with Crippen molar-refractivity contribution >= 4 is 17.3 Å². The molecule has 1 N–H and O–H groups in total. The Hall–Kier alpha value is -2.40. The van der Waals surface area contributed by atoms with E-state index in [9.17, 15) is 9.18 Å². The van der Waals surface area contributed by atoms with Gasteiger partial charge in [-0.3, -0.25) is 4.79 Å². The van der Waals surface area contributed by atoms with Gasteiger partial charge in [-0.05, 0) is 43.8 Å². The Kier molecular flexibility index (Phi) is 4.81. The summed E-state index contributed by atoms with van der Waals surface area (Å²) in [6.07, 6.45) is 0. The van der Waals surface area contributed by atoms with Crippen LogP contribution in [0.3, 0.4) is 0 Å². The van der Waals surface area contributed by atoms with Gasteiger partial charge < -0.3 is 15.1 Å². The Labute approximate surface area is 141 Å². The van der Waals surface area contributed by atoms with Gasteiger partial charge in [-0.1, -0.05) is 18.2 Å². The molecule has 0 unspecified atom stereocenters. The molecule has 2 aromatic carbocycles. The van der Waals surface area contributed by atoms with Crippen LogP contribution in [0.1, 0.15) is 15.9 Å². The third-order valence-corrected chi connectivity index (χ3v) is 4.34. The van der Waals surface area contributed by atoms with E-state index < -0.39 is 0 Å². The highest BCUT2D eigenvalue weighted by molar-refractivity contribution is 6.00. The van der Waals surface area contributed by atoms with Gasteiger partial charge >= 0.3 is 0 Å². The maximum Gasteiger partial charge on any atom is 0.256 e. The number of amides is 1. The molecule has 0 radical (unpaired) electrons. The van der Waals surface area contributed by atoms with Crippen LogP contribution in [0, 0.1) is 12.7 Å². The number of nitrogens with zero attached hydrogens (tertiary/aromatic N) is 2. The molecule has 1 heterocycles. The Morgan fingerprint density at radius 3 is 2.46 bits per heavy atom. The van der Waals surface area contributed by atoms with E-state index in [2.05, 4.69) is 17.3 Å². The lowest BCUT2D eigenvalue weighted by molar-refractivity contribution is 0.0665. The van der Waals surface area contributed by atoms with Gasteiger partial charge in [0, 0.05) is 26.2 Å². The van der Waals surface area contributed by atoms with E-state index in [0.717, 1.165) is 18.7 Å². The zero-order chi connectivity index (χ0) is 17.1. The first-order valence-corrected chi connectivity index (χ1v) is 8.14. The first-order chi connectivity index (χ1) is 11.5. The minimum absolute atomic E-state index is 0.0151. The molecule has 0 aromatic heterocycles. The van der Waals surface area contributed by atoms with Crippen molar-refractivity contribution in [2.24, 2.45) is 0 Å². The Morgan fingerprint density at radius 1 is 1.04 bits per heavy atom. The third-order valence-electron chi connectivity index (χ3n) is 4.34. The molecule has 0 spiro atoms. The molecule has 4 nitrogen and oxygen atoms in total. The fraction of sp³-hybridized carbons (Fsp3) is 0.316. The lowest BCUT2D eigenvalue weighted by Crippen LogP contribution is -2.47. The fourth-order valence-corrected chi connectivity index (χ4v) is 2.83. The van der Waals surface area contributed by atoms with Crippen molar-refractivity contribution in [3.05, 3.63) is 59.4 Å². The zero-order valence-electron chi connectivity index (χ0n) is 14.1. The van der Waals surface area contributed by atoms with E-state index in [1.165, 1.54) is 6.07 Å². The van der Waals surface area contributed by atoms with E-state index in [0.29, 0.717) is 30.0 Å². The summed E-state index contributed by atoms with van der Waals surface area (Å²) in [6.45, 7) is 5.00. The van der Waals surface area contributed by atoms with Gasteiger partial charge in [0.2, 0.25) is 0 Å². The predicted octanol–water partition coefficient (Wildman–Crippen LogP) is 3.27. The van der Waals surface area contributed by atoms with E-state index in [-0.39, 0.29) is 11.7 Å². The van der Waals surface area contributed by atoms with Gasteiger partial charge in [-0.25, -0.2) is 4.39 Å². The lowest BCUT2D eigenvalue weighted by Gasteiger charge is -2.32. The smallest absolute Gasteiger partial charge is 0.256 e. The number of piperazine rings is 1. The molecule has 2 aromatic rings. The summed E-state index contributed by atoms with van der Waals surface area (Å²) in [4.78, 5) is 16.9. The molecule has 1 aliphatic heterocycles. The highest BCUT2D eigenvalue weighted by Crippen LogP contribution is 2.25. The molecule has 5 heteroatoms. The standard InChI is InChI=1S/C19H22FN3O/c1-14-7-8-18(16(20)13-14)21-17-6-4-3-5-15(17)19(24)23-11-9-22(2)10-12-23/h3-8,13,21H,9-12H2,1-2H3. The largest absolute Gasteiger partial charge is 0.352 e. The van der Waals surface area contributed by atoms with Crippen LogP contribution in [0.4, 0.5) is 15.8 Å². The number of aryl methyl sites for hydroxylation is 1. The first kappa shape index (κ1) is 16.5. The summed E-state index contributed by atoms with van der Waals surface area (Å²) in [5.74, 6) is -0.337. The number of likely N-dealkylation sites (N-methyl/N-ethyl adjacent to an activating group) is 1. The molecule has 0 aliphatic carbocycles. The summed E-state index contributed by atoms with van der Waals surface area (Å²) in [6, 6.07) is 12.3. The Morgan fingerprint density at radius 2 is 1.75 bits per heavy atom. The second-order valence-corrected chi connectivity index (χ2v) is 6.25. The van der Waals surface area contributed by atoms with Crippen LogP contribution < -0.4 is 5.32 Å². The molecule has 0 saturated carbocycles. The third kappa shape index (κ3) is 3.57. The number of benzene rings is 2. The number of anilines is 2. The molecular formula is C19H22FN3O. The van der Waals surface area contributed by atoms with Crippen molar-refractivity contribution < 1.29 is 9.18 Å². The first-order valence-electron chi connectivity index (χ1n) is 8.14. The highest BCUT2D eigenvalue weighted by Gasteiger charge is 2.22. The van der Waals surface area contributed by atoms with Crippen LogP contribution in [0.2, 0.25) is 0 Å². The van der Waals surface area contributed by atoms with Crippen molar-refractivity contribution in [3.63, 3.8) is 0 Å². The molecule has 1 saturated heterocycles. The van der Waals surface area contributed by atoms with Crippen molar-refractivity contribution in [2.45, 2.75) is 6.92 Å². The normalized spacial score (nSPS) is 15.4. The Balaban J connectivity index is 1.83. The molecule has 1 aliphatic rings. The number of para-hydroxylation sites is 1. The van der Waals surface area contributed by atoms with Gasteiger partial charge in [0.25, 0.3) is 5.91 Å². The number of hydrogen-bond donors (Lipinski definition) is 1. The topological polar surface area (TPSA) is 35.6 Å². The minimum atomic E-state index is -0.322. The number of rotatable bonds is 3. The van der Waals surface area contributed by atoms with Crippen LogP contribution >= 0.6 is 0 Å². The van der Waals surface area contributed by atoms with E-state index in [4.69, 9.17) is 0 Å². The van der Waals surface area contributed by atoms with E-state index in [1.807, 2.05) is 36.1 Å². The van der Waals surface area contributed by atoms with Crippen LogP contribution in [0.25, 0.3) is 0 Å². The fourth-order valence-electron chi connectivity index (χ4n) is 2.83. The maximum absolute atomic E-state index is 14.1. The molecule has 3 rings (SSSR count). The molecular weight excluding hydrogens is 305 g/mol. The van der Waals surface area contributed by atoms with Crippen molar-refractivity contribution in [3.8, 4) is 0 Å². The van der Waals surface area contributed by atoms with Crippen LogP contribution in [0.5, 0.6) is 0 Å².